The van der Waals surface area contributed by atoms with Crippen molar-refractivity contribution in [1.82, 2.24) is 0 Å². The van der Waals surface area contributed by atoms with E-state index in [1.165, 1.54) is 16.7 Å². The van der Waals surface area contributed by atoms with E-state index in [-0.39, 0.29) is 11.2 Å². The lowest BCUT2D eigenvalue weighted by Gasteiger charge is -2.42. The largest absolute Gasteiger partial charge is 0.353 e. The zero-order valence-corrected chi connectivity index (χ0v) is 14.9. The van der Waals surface area contributed by atoms with Crippen LogP contribution in [0.5, 0.6) is 0 Å². The molecule has 1 aliphatic heterocycles. The van der Waals surface area contributed by atoms with Crippen molar-refractivity contribution >= 4 is 11.6 Å². The topological polar surface area (TPSA) is 52.6 Å². The van der Waals surface area contributed by atoms with Crippen molar-refractivity contribution in [2.24, 2.45) is 17.3 Å². The maximum Gasteiger partial charge on any atom is 0.156 e. The summed E-state index contributed by atoms with van der Waals surface area (Å²) in [5.41, 5.74) is 3.90. The second-order valence-electron chi connectivity index (χ2n) is 7.83. The van der Waals surface area contributed by atoms with Gasteiger partial charge in [0.25, 0.3) is 0 Å². The van der Waals surface area contributed by atoms with Crippen molar-refractivity contribution in [3.63, 3.8) is 0 Å². The summed E-state index contributed by atoms with van der Waals surface area (Å²) < 4.78 is 9.44. The molecule has 25 heavy (non-hydrogen) atoms. The summed E-state index contributed by atoms with van der Waals surface area (Å²) in [5.74, 6) is 1.73. The summed E-state index contributed by atoms with van der Waals surface area (Å²) in [5, 5.41) is 0. The number of hydrogen-bond donors (Lipinski definition) is 0. The number of carbonyl (C=O) groups is 2. The molecule has 3 unspecified atom stereocenters. The third-order valence-electron chi connectivity index (χ3n) is 6.50. The van der Waals surface area contributed by atoms with E-state index in [0.717, 1.165) is 45.3 Å². The van der Waals surface area contributed by atoms with Crippen LogP contribution < -0.4 is 0 Å². The molecule has 4 nitrogen and oxygen atoms in total. The molecule has 1 saturated heterocycles. The molecule has 0 N–H and O–H groups in total. The number of Topliss-reactive ketones (excluding diaryl/α,β-unsaturated/α-hetero) is 1. The first-order valence-electron chi connectivity index (χ1n) is 9.44. The van der Waals surface area contributed by atoms with E-state index in [1.54, 1.807) is 0 Å². The average Bonchev–Trinajstić information content (AvgIpc) is 3.27. The van der Waals surface area contributed by atoms with Gasteiger partial charge < -0.3 is 9.47 Å². The Hall–Kier alpha value is -1.52. The summed E-state index contributed by atoms with van der Waals surface area (Å²) >= 11 is 0. The molecule has 2 fully saturated rings. The van der Waals surface area contributed by atoms with Crippen molar-refractivity contribution < 1.29 is 19.1 Å². The Bertz CT molecular complexity index is 672. The van der Waals surface area contributed by atoms with Crippen LogP contribution >= 0.6 is 0 Å². The lowest BCUT2D eigenvalue weighted by atomic mass is 9.61. The molecule has 0 aromatic heterocycles. The van der Waals surface area contributed by atoms with Crippen LogP contribution in [-0.4, -0.2) is 31.6 Å². The van der Waals surface area contributed by atoms with Gasteiger partial charge in [-0.05, 0) is 67.2 Å². The second kappa shape index (κ2) is 6.65. The Kier molecular flexibility index (Phi) is 4.50. The molecule has 0 spiro atoms. The van der Waals surface area contributed by atoms with Crippen LogP contribution in [0.1, 0.15) is 45.4 Å². The highest BCUT2D eigenvalue weighted by atomic mass is 16.7. The molecule has 134 valence electrons. The van der Waals surface area contributed by atoms with E-state index >= 15 is 0 Å². The van der Waals surface area contributed by atoms with Gasteiger partial charge in [0, 0.05) is 18.3 Å². The van der Waals surface area contributed by atoms with E-state index in [9.17, 15) is 9.59 Å². The molecule has 1 saturated carbocycles. The maximum atomic E-state index is 12.2. The standard InChI is InChI=1S/C18H20O2.C3H6O2/c1-18-9-8-14-13-5-3-12(19)10-11(13)2-4-15(14)16(18)6-7-17(18)20;1-2-5-3-4-1/h8-10,15-16H,2-7H2,1H3;1-3H2. The van der Waals surface area contributed by atoms with E-state index < -0.39 is 0 Å². The maximum absolute atomic E-state index is 12.2. The Morgan fingerprint density at radius 1 is 1.04 bits per heavy atom. The van der Waals surface area contributed by atoms with Crippen LogP contribution in [0.25, 0.3) is 0 Å². The lowest BCUT2D eigenvalue weighted by molar-refractivity contribution is -0.124. The van der Waals surface area contributed by atoms with Gasteiger partial charge in [-0.15, -0.1) is 0 Å². The molecule has 0 bridgehead atoms. The molecule has 4 heteroatoms. The van der Waals surface area contributed by atoms with Crippen molar-refractivity contribution in [3.05, 3.63) is 34.9 Å². The highest BCUT2D eigenvalue weighted by molar-refractivity contribution is 5.93. The molecular weight excluding hydrogens is 316 g/mol. The molecule has 5 rings (SSSR count). The highest BCUT2D eigenvalue weighted by Crippen LogP contribution is 2.55. The minimum absolute atomic E-state index is 0.222. The quantitative estimate of drug-likeness (QED) is 0.676. The van der Waals surface area contributed by atoms with Crippen LogP contribution in [0.4, 0.5) is 0 Å². The normalized spacial score (nSPS) is 36.3. The van der Waals surface area contributed by atoms with E-state index in [2.05, 4.69) is 19.1 Å². The van der Waals surface area contributed by atoms with Crippen molar-refractivity contribution in [2.45, 2.75) is 45.4 Å². The molecular formula is C21H26O4. The van der Waals surface area contributed by atoms with Gasteiger partial charge in [0.1, 0.15) is 12.6 Å². The fraction of sp³-hybridized carbons (Fsp3) is 0.619. The monoisotopic (exact) mass is 342 g/mol. The van der Waals surface area contributed by atoms with Gasteiger partial charge >= 0.3 is 0 Å². The minimum atomic E-state index is -0.222. The Morgan fingerprint density at radius 2 is 1.84 bits per heavy atom. The van der Waals surface area contributed by atoms with Crippen molar-refractivity contribution in [3.8, 4) is 0 Å². The molecule has 1 heterocycles. The predicted octanol–water partition coefficient (Wildman–Crippen LogP) is 3.53. The third kappa shape index (κ3) is 2.96. The zero-order chi connectivity index (χ0) is 17.4. The Balaban J connectivity index is 0.000000272. The van der Waals surface area contributed by atoms with E-state index in [4.69, 9.17) is 9.47 Å². The van der Waals surface area contributed by atoms with Crippen LogP contribution in [0.2, 0.25) is 0 Å². The van der Waals surface area contributed by atoms with E-state index in [0.29, 0.717) is 30.8 Å². The molecule has 5 aliphatic rings. The van der Waals surface area contributed by atoms with Gasteiger partial charge in [0.05, 0.1) is 13.2 Å². The fourth-order valence-corrected chi connectivity index (χ4v) is 5.10. The number of allylic oxidation sites excluding steroid dienone is 6. The van der Waals surface area contributed by atoms with Crippen LogP contribution in [-0.2, 0) is 19.1 Å². The summed E-state index contributed by atoms with van der Waals surface area (Å²) in [7, 11) is 0. The summed E-state index contributed by atoms with van der Waals surface area (Å²) in [6, 6.07) is 0. The SMILES string of the molecule is C1COCO1.CC12C=CC3=C4CCC(=O)C=C4CCC3C1CCC2=O. The van der Waals surface area contributed by atoms with Crippen LogP contribution in [0, 0.1) is 17.3 Å². The first kappa shape index (κ1) is 16.9. The molecule has 0 aromatic carbocycles. The molecule has 4 aliphatic carbocycles. The van der Waals surface area contributed by atoms with Gasteiger partial charge in [-0.1, -0.05) is 12.2 Å². The summed E-state index contributed by atoms with van der Waals surface area (Å²) in [6.07, 6.45) is 11.7. The van der Waals surface area contributed by atoms with Crippen LogP contribution in [0.3, 0.4) is 0 Å². The number of carbonyl (C=O) groups excluding carboxylic acids is 2. The van der Waals surface area contributed by atoms with Gasteiger partial charge in [-0.3, -0.25) is 9.59 Å². The fourth-order valence-electron chi connectivity index (χ4n) is 5.10. The number of ketones is 2. The van der Waals surface area contributed by atoms with Crippen molar-refractivity contribution in [1.29, 1.82) is 0 Å². The van der Waals surface area contributed by atoms with Crippen molar-refractivity contribution in [2.75, 3.05) is 20.0 Å². The van der Waals surface area contributed by atoms with Crippen LogP contribution in [0.15, 0.2) is 34.9 Å². The van der Waals surface area contributed by atoms with E-state index in [1.807, 2.05) is 6.08 Å². The highest BCUT2D eigenvalue weighted by Gasteiger charge is 2.51. The summed E-state index contributed by atoms with van der Waals surface area (Å²) in [4.78, 5) is 23.8. The molecule has 3 atom stereocenters. The Morgan fingerprint density at radius 3 is 2.56 bits per heavy atom. The number of rotatable bonds is 0. The smallest absolute Gasteiger partial charge is 0.156 e. The number of hydrogen-bond acceptors (Lipinski definition) is 4. The second-order valence-corrected chi connectivity index (χ2v) is 7.83. The van der Waals surface area contributed by atoms with Gasteiger partial charge in [0.2, 0.25) is 0 Å². The zero-order valence-electron chi connectivity index (χ0n) is 14.9. The predicted molar refractivity (Wildman–Crippen MR) is 93.8 cm³/mol. The third-order valence-corrected chi connectivity index (χ3v) is 6.50. The molecule has 0 aromatic rings. The molecule has 0 radical (unpaired) electrons. The van der Waals surface area contributed by atoms with Gasteiger partial charge in [0.15, 0.2) is 5.78 Å². The first-order chi connectivity index (χ1) is 12.1. The molecule has 0 amide bonds. The Labute approximate surface area is 148 Å². The number of fused-ring (bicyclic) bond motifs is 4. The average molecular weight is 342 g/mol. The minimum Gasteiger partial charge on any atom is -0.353 e. The van der Waals surface area contributed by atoms with Gasteiger partial charge in [-0.25, -0.2) is 0 Å². The first-order valence-corrected chi connectivity index (χ1v) is 9.44. The van der Waals surface area contributed by atoms with Gasteiger partial charge in [-0.2, -0.15) is 0 Å². The summed E-state index contributed by atoms with van der Waals surface area (Å²) in [6.45, 7) is 4.18. The lowest BCUT2D eigenvalue weighted by Crippen LogP contribution is -2.37. The number of ether oxygens (including phenoxy) is 2.